The number of nitrogens with one attached hydrogen (secondary N) is 1. The summed E-state index contributed by atoms with van der Waals surface area (Å²) < 4.78 is 13.6. The normalized spacial score (nSPS) is 34.6. The molecule has 260 valence electrons. The van der Waals surface area contributed by atoms with Crippen molar-refractivity contribution >= 4 is 39.6 Å². The van der Waals surface area contributed by atoms with Gasteiger partial charge in [0.15, 0.2) is 0 Å². The summed E-state index contributed by atoms with van der Waals surface area (Å²) in [7, 11) is 0. The van der Waals surface area contributed by atoms with E-state index in [0.29, 0.717) is 29.4 Å². The molecule has 1 aromatic carbocycles. The number of halogens is 1. The Morgan fingerprint density at radius 1 is 1.02 bits per heavy atom. The second-order valence-electron chi connectivity index (χ2n) is 14.5. The van der Waals surface area contributed by atoms with Crippen molar-refractivity contribution in [1.29, 1.82) is 0 Å². The number of aliphatic hydroxyl groups is 1. The van der Waals surface area contributed by atoms with Gasteiger partial charge in [-0.05, 0) is 50.2 Å². The van der Waals surface area contributed by atoms with Gasteiger partial charge in [0.2, 0.25) is 17.7 Å². The van der Waals surface area contributed by atoms with Crippen LogP contribution in [0, 0.1) is 17.8 Å². The number of carbonyl (C=O) groups is 4. The van der Waals surface area contributed by atoms with Crippen LogP contribution in [-0.2, 0) is 28.7 Å². The predicted octanol–water partition coefficient (Wildman–Crippen LogP) is 4.57. The standard InChI is InChI=1S/C37H48BrN3O7/c1-22(2)19-26(21-42)41-33-35(45)40(25-15-9-5-10-16-25)18-12-6-11-17-28(43)39-23(3)31(24-13-7-4-8-14-24)47-36(46)29-30(34(41)44)37(33)20-27(38)32(29)48-37/h4,6-8,12-14,20,22-23,25-26,29-33,42H,5,9-11,15-19,21H2,1-3H3,(H,39,43)/b12-6-/t23-,26-,29+,30-,31+,32+,33+,37-/m1/s1. The highest BCUT2D eigenvalue weighted by Crippen LogP contribution is 2.59. The number of ether oxygens (including phenoxy) is 2. The van der Waals surface area contributed by atoms with E-state index in [2.05, 4.69) is 21.2 Å². The molecule has 1 saturated carbocycles. The van der Waals surface area contributed by atoms with Crippen molar-refractivity contribution in [3.05, 3.63) is 58.6 Å². The molecule has 1 spiro atoms. The van der Waals surface area contributed by atoms with Crippen molar-refractivity contribution in [2.24, 2.45) is 17.8 Å². The van der Waals surface area contributed by atoms with Crippen molar-refractivity contribution in [3.8, 4) is 0 Å². The number of fused-ring (bicyclic) bond motifs is 2. The van der Waals surface area contributed by atoms with Gasteiger partial charge in [-0.2, -0.15) is 0 Å². The first-order valence-electron chi connectivity index (χ1n) is 17.6. The summed E-state index contributed by atoms with van der Waals surface area (Å²) in [4.78, 5) is 60.8. The molecule has 48 heavy (non-hydrogen) atoms. The third kappa shape index (κ3) is 6.38. The summed E-state index contributed by atoms with van der Waals surface area (Å²) >= 11 is 3.64. The van der Waals surface area contributed by atoms with Crippen LogP contribution in [0.5, 0.6) is 0 Å². The summed E-state index contributed by atoms with van der Waals surface area (Å²) in [6.07, 6.45) is 10.1. The van der Waals surface area contributed by atoms with Crippen LogP contribution < -0.4 is 5.32 Å². The van der Waals surface area contributed by atoms with Gasteiger partial charge in [0.05, 0.1) is 24.6 Å². The van der Waals surface area contributed by atoms with Crippen molar-refractivity contribution in [3.63, 3.8) is 0 Å². The van der Waals surface area contributed by atoms with Crippen molar-refractivity contribution in [2.45, 2.75) is 114 Å². The van der Waals surface area contributed by atoms with Gasteiger partial charge in [0.1, 0.15) is 29.8 Å². The van der Waals surface area contributed by atoms with E-state index in [1.807, 2.05) is 67.3 Å². The fourth-order valence-electron chi connectivity index (χ4n) is 8.62. The van der Waals surface area contributed by atoms with E-state index in [1.54, 1.807) is 11.8 Å². The molecule has 0 radical (unpaired) electrons. The van der Waals surface area contributed by atoms with Crippen LogP contribution >= 0.6 is 15.9 Å². The van der Waals surface area contributed by atoms with Crippen LogP contribution in [0.2, 0.25) is 0 Å². The van der Waals surface area contributed by atoms with Gasteiger partial charge in [0, 0.05) is 23.5 Å². The Balaban J connectivity index is 1.47. The molecule has 11 heteroatoms. The second kappa shape index (κ2) is 14.5. The molecule has 8 atom stereocenters. The minimum atomic E-state index is -1.42. The molecule has 3 fully saturated rings. The summed E-state index contributed by atoms with van der Waals surface area (Å²) in [6.45, 7) is 5.84. The van der Waals surface area contributed by atoms with E-state index < -0.39 is 53.7 Å². The van der Waals surface area contributed by atoms with Gasteiger partial charge < -0.3 is 29.7 Å². The number of nitrogens with zero attached hydrogens (tertiary/aromatic N) is 2. The smallest absolute Gasteiger partial charge is 0.313 e. The SMILES string of the molecule is CC(C)C[C@H](CO)N1C(=O)[C@H]2[C@@H]3C(=O)O[C@H](c4ccccc4)[C@@H](C)NC(=O)CC/C=C\CN(C4CCCCC4)C(=O)[C@H]1[C@@]21C=C(Br)[C@@H]3O1. The molecule has 4 aliphatic heterocycles. The number of aliphatic hydroxyl groups excluding tert-OH is 1. The summed E-state index contributed by atoms with van der Waals surface area (Å²) in [6, 6.07) is 6.94. The molecule has 5 aliphatic rings. The van der Waals surface area contributed by atoms with E-state index in [1.165, 1.54) is 0 Å². The monoisotopic (exact) mass is 725 g/mol. The number of hydrogen-bond donors (Lipinski definition) is 2. The predicted molar refractivity (Wildman–Crippen MR) is 182 cm³/mol. The summed E-state index contributed by atoms with van der Waals surface area (Å²) in [5, 5.41) is 13.7. The Bertz CT molecular complexity index is 1440. The minimum absolute atomic E-state index is 0.0226. The third-order valence-electron chi connectivity index (χ3n) is 10.7. The molecular formula is C37H48BrN3O7. The number of likely N-dealkylation sites (tertiary alicyclic amines) is 1. The van der Waals surface area contributed by atoms with Crippen LogP contribution in [0.25, 0.3) is 0 Å². The summed E-state index contributed by atoms with van der Waals surface area (Å²) in [5.41, 5.74) is -0.712. The van der Waals surface area contributed by atoms with Crippen molar-refractivity contribution in [2.75, 3.05) is 13.2 Å². The number of hydrogen-bond acceptors (Lipinski definition) is 7. The molecule has 3 amide bonds. The number of benzene rings is 1. The first-order chi connectivity index (χ1) is 23.1. The van der Waals surface area contributed by atoms with E-state index in [-0.39, 0.29) is 42.7 Å². The lowest BCUT2D eigenvalue weighted by molar-refractivity contribution is -0.162. The van der Waals surface area contributed by atoms with E-state index in [9.17, 15) is 19.5 Å². The van der Waals surface area contributed by atoms with Crippen molar-refractivity contribution < 1.29 is 33.8 Å². The molecule has 1 aliphatic carbocycles. The van der Waals surface area contributed by atoms with Crippen LogP contribution in [0.3, 0.4) is 0 Å². The molecule has 10 nitrogen and oxygen atoms in total. The topological polar surface area (TPSA) is 125 Å². The number of carbonyl (C=O) groups excluding carboxylic acids is 4. The van der Waals surface area contributed by atoms with Gasteiger partial charge in [-0.15, -0.1) is 0 Å². The van der Waals surface area contributed by atoms with Gasteiger partial charge >= 0.3 is 5.97 Å². The average Bonchev–Trinajstić information content (AvgIpc) is 3.67. The maximum atomic E-state index is 15.1. The number of cyclic esters (lactones) is 1. The van der Waals surface area contributed by atoms with Crippen LogP contribution in [0.15, 0.2) is 53.0 Å². The first-order valence-corrected chi connectivity index (χ1v) is 18.4. The zero-order valence-corrected chi connectivity index (χ0v) is 29.6. The molecule has 4 heterocycles. The fourth-order valence-corrected chi connectivity index (χ4v) is 9.35. The highest BCUT2D eigenvalue weighted by atomic mass is 79.9. The van der Waals surface area contributed by atoms with Gasteiger partial charge in [0.25, 0.3) is 0 Å². The molecule has 0 unspecified atom stereocenters. The fraction of sp³-hybridized carbons (Fsp3) is 0.622. The third-order valence-corrected chi connectivity index (χ3v) is 11.4. The lowest BCUT2D eigenvalue weighted by Crippen LogP contribution is -2.60. The van der Waals surface area contributed by atoms with Gasteiger partial charge in [-0.1, -0.05) is 91.5 Å². The van der Waals surface area contributed by atoms with E-state index >= 15 is 4.79 Å². The number of rotatable bonds is 6. The van der Waals surface area contributed by atoms with Crippen LogP contribution in [-0.4, -0.2) is 87.6 Å². The Kier molecular flexibility index (Phi) is 10.5. The quantitative estimate of drug-likeness (QED) is 0.325. The summed E-state index contributed by atoms with van der Waals surface area (Å²) in [5.74, 6) is -3.36. The Labute approximate surface area is 291 Å². The number of esters is 1. The molecule has 6 rings (SSSR count). The number of allylic oxidation sites excluding steroid dienone is 1. The van der Waals surface area contributed by atoms with Crippen LogP contribution in [0.1, 0.15) is 83.8 Å². The van der Waals surface area contributed by atoms with Gasteiger partial charge in [-0.25, -0.2) is 0 Å². The molecule has 5 bridgehead atoms. The van der Waals surface area contributed by atoms with E-state index in [4.69, 9.17) is 9.47 Å². The maximum Gasteiger partial charge on any atom is 0.313 e. The highest BCUT2D eigenvalue weighted by molar-refractivity contribution is 9.11. The lowest BCUT2D eigenvalue weighted by Gasteiger charge is -2.42. The van der Waals surface area contributed by atoms with Gasteiger partial charge in [-0.3, -0.25) is 19.2 Å². The largest absolute Gasteiger partial charge is 0.455 e. The highest BCUT2D eigenvalue weighted by Gasteiger charge is 2.75. The molecular weight excluding hydrogens is 678 g/mol. The Morgan fingerprint density at radius 3 is 2.44 bits per heavy atom. The molecule has 1 aromatic rings. The minimum Gasteiger partial charge on any atom is -0.455 e. The maximum absolute atomic E-state index is 15.1. The molecule has 2 N–H and O–H groups in total. The zero-order chi connectivity index (χ0) is 34.2. The Morgan fingerprint density at radius 2 is 1.75 bits per heavy atom. The lowest BCUT2D eigenvalue weighted by atomic mass is 9.74. The average molecular weight is 727 g/mol. The molecule has 0 aromatic heterocycles. The second-order valence-corrected chi connectivity index (χ2v) is 15.4. The number of amides is 3. The van der Waals surface area contributed by atoms with Crippen molar-refractivity contribution in [1.82, 2.24) is 15.1 Å². The first kappa shape index (κ1) is 34.8. The molecule has 2 saturated heterocycles. The Hall–Kier alpha value is -3.02. The van der Waals surface area contributed by atoms with E-state index in [0.717, 1.165) is 32.1 Å². The van der Waals surface area contributed by atoms with Crippen LogP contribution in [0.4, 0.5) is 0 Å². The zero-order valence-electron chi connectivity index (χ0n) is 28.1.